The molecule has 0 aromatic heterocycles. The molecule has 0 unspecified atom stereocenters. The third-order valence-electron chi connectivity index (χ3n) is 7.52. The fourth-order valence-corrected chi connectivity index (χ4v) is 5.55. The molecule has 3 heterocycles. The maximum Gasteiger partial charge on any atom is 0.325 e. The lowest BCUT2D eigenvalue weighted by molar-refractivity contribution is -0.133. The average Bonchev–Trinajstić information content (AvgIpc) is 3.34. The first-order valence-electron chi connectivity index (χ1n) is 13.3. The summed E-state index contributed by atoms with van der Waals surface area (Å²) >= 11 is 0. The smallest absolute Gasteiger partial charge is 0.325 e. The van der Waals surface area contributed by atoms with Gasteiger partial charge < -0.3 is 19.3 Å². The van der Waals surface area contributed by atoms with Crippen molar-refractivity contribution in [2.75, 3.05) is 63.9 Å². The molecule has 0 radical (unpaired) electrons. The Morgan fingerprint density at radius 2 is 1.37 bits per heavy atom. The molecule has 3 aliphatic heterocycles. The molecule has 0 bridgehead atoms. The second-order valence-electron chi connectivity index (χ2n) is 9.82. The van der Waals surface area contributed by atoms with Crippen LogP contribution in [0.5, 0.6) is 11.5 Å². The molecule has 8 nitrogen and oxygen atoms in total. The minimum atomic E-state index is -0.151. The lowest BCUT2D eigenvalue weighted by Crippen LogP contribution is -2.52. The van der Waals surface area contributed by atoms with E-state index in [9.17, 15) is 9.59 Å². The van der Waals surface area contributed by atoms with Gasteiger partial charge in [-0.05, 0) is 23.3 Å². The van der Waals surface area contributed by atoms with E-state index in [2.05, 4.69) is 53.4 Å². The van der Waals surface area contributed by atoms with Gasteiger partial charge in [0.25, 0.3) is 0 Å². The highest BCUT2D eigenvalue weighted by atomic mass is 16.6. The van der Waals surface area contributed by atoms with E-state index < -0.39 is 0 Å². The molecule has 2 fully saturated rings. The molecule has 3 amide bonds. The van der Waals surface area contributed by atoms with Crippen molar-refractivity contribution in [3.8, 4) is 11.5 Å². The predicted octanol–water partition coefficient (Wildman–Crippen LogP) is 3.63. The van der Waals surface area contributed by atoms with Crippen molar-refractivity contribution in [2.24, 2.45) is 0 Å². The topological polar surface area (TPSA) is 65.6 Å². The molecular weight excluding hydrogens is 480 g/mol. The van der Waals surface area contributed by atoms with Crippen LogP contribution in [0.2, 0.25) is 0 Å². The maximum absolute atomic E-state index is 13.2. The summed E-state index contributed by atoms with van der Waals surface area (Å²) in [5.41, 5.74) is 3.26. The largest absolute Gasteiger partial charge is 0.486 e. The maximum atomic E-state index is 13.2. The summed E-state index contributed by atoms with van der Waals surface area (Å²) in [6, 6.07) is 26.6. The Balaban J connectivity index is 1.07. The number of fused-ring (bicyclic) bond motifs is 1. The van der Waals surface area contributed by atoms with Crippen LogP contribution in [0.3, 0.4) is 0 Å². The van der Waals surface area contributed by atoms with Crippen LogP contribution in [0.25, 0.3) is 0 Å². The van der Waals surface area contributed by atoms with E-state index in [1.807, 2.05) is 35.2 Å². The number of nitrogens with zero attached hydrogens (tertiary/aromatic N) is 4. The summed E-state index contributed by atoms with van der Waals surface area (Å²) in [6.07, 6.45) is 0. The zero-order chi connectivity index (χ0) is 25.9. The fourth-order valence-electron chi connectivity index (χ4n) is 5.55. The second kappa shape index (κ2) is 10.8. The number of carbonyl (C=O) groups excluding carboxylic acids is 2. The van der Waals surface area contributed by atoms with Crippen LogP contribution < -0.4 is 14.4 Å². The highest BCUT2D eigenvalue weighted by Gasteiger charge is 2.34. The van der Waals surface area contributed by atoms with Crippen LogP contribution in [0.15, 0.2) is 78.9 Å². The van der Waals surface area contributed by atoms with Crippen molar-refractivity contribution >= 4 is 17.6 Å². The van der Waals surface area contributed by atoms with Gasteiger partial charge >= 0.3 is 6.03 Å². The van der Waals surface area contributed by atoms with Gasteiger partial charge in [0.1, 0.15) is 19.8 Å². The van der Waals surface area contributed by atoms with Crippen molar-refractivity contribution in [3.63, 3.8) is 0 Å². The zero-order valence-electron chi connectivity index (χ0n) is 21.4. The van der Waals surface area contributed by atoms with Gasteiger partial charge in [-0.15, -0.1) is 0 Å². The minimum absolute atomic E-state index is 0.00186. The van der Waals surface area contributed by atoms with Crippen LogP contribution in [-0.4, -0.2) is 85.7 Å². The van der Waals surface area contributed by atoms with Crippen molar-refractivity contribution in [1.82, 2.24) is 14.7 Å². The first-order chi connectivity index (χ1) is 18.7. The molecule has 3 aliphatic rings. The summed E-state index contributed by atoms with van der Waals surface area (Å²) in [6.45, 7) is 5.01. The minimum Gasteiger partial charge on any atom is -0.486 e. The first kappa shape index (κ1) is 24.3. The summed E-state index contributed by atoms with van der Waals surface area (Å²) in [7, 11) is 0. The normalized spacial score (nSPS) is 17.8. The van der Waals surface area contributed by atoms with Gasteiger partial charge in [-0.25, -0.2) is 4.79 Å². The zero-order valence-corrected chi connectivity index (χ0v) is 21.4. The molecule has 0 aliphatic carbocycles. The van der Waals surface area contributed by atoms with Crippen LogP contribution in [0.1, 0.15) is 17.2 Å². The summed E-state index contributed by atoms with van der Waals surface area (Å²) in [5.74, 6) is 1.34. The van der Waals surface area contributed by atoms with Crippen molar-refractivity contribution in [2.45, 2.75) is 6.04 Å². The average molecular weight is 513 g/mol. The molecule has 38 heavy (non-hydrogen) atoms. The van der Waals surface area contributed by atoms with Crippen LogP contribution in [0.4, 0.5) is 10.5 Å². The highest BCUT2D eigenvalue weighted by Crippen LogP contribution is 2.35. The summed E-state index contributed by atoms with van der Waals surface area (Å²) in [5, 5.41) is 0. The molecular formula is C30H32N4O4. The van der Waals surface area contributed by atoms with Gasteiger partial charge in [-0.2, -0.15) is 0 Å². The van der Waals surface area contributed by atoms with E-state index in [1.54, 1.807) is 9.80 Å². The van der Waals surface area contributed by atoms with E-state index in [0.717, 1.165) is 18.8 Å². The molecule has 6 rings (SSSR count). The number of amides is 3. The standard InChI is InChI=1S/C30H32N4O4/c35-28(22-33-17-18-34(30(33)36)25-11-12-26-27(21-25)38-20-19-37-26)31-13-15-32(16-14-31)29(23-7-3-1-4-8-23)24-9-5-2-6-10-24/h1-12,21,29H,13-20,22H2. The third-order valence-corrected chi connectivity index (χ3v) is 7.52. The van der Waals surface area contributed by atoms with Gasteiger partial charge in [-0.3, -0.25) is 14.6 Å². The Kier molecular flexibility index (Phi) is 6.88. The Hall–Kier alpha value is -4.04. The fraction of sp³-hybridized carbons (Fsp3) is 0.333. The number of urea groups is 1. The third kappa shape index (κ3) is 4.91. The van der Waals surface area contributed by atoms with Crippen molar-refractivity contribution in [3.05, 3.63) is 90.0 Å². The van der Waals surface area contributed by atoms with Crippen molar-refractivity contribution < 1.29 is 19.1 Å². The molecule has 3 aromatic rings. The lowest BCUT2D eigenvalue weighted by atomic mass is 9.96. The molecule has 2 saturated heterocycles. The molecule has 0 saturated carbocycles. The number of piperazine rings is 1. The number of ether oxygens (including phenoxy) is 2. The Labute approximate surface area is 222 Å². The molecule has 0 N–H and O–H groups in total. The molecule has 196 valence electrons. The first-order valence-corrected chi connectivity index (χ1v) is 13.3. The molecule has 3 aromatic carbocycles. The Morgan fingerprint density at radius 3 is 2.03 bits per heavy atom. The monoisotopic (exact) mass is 512 g/mol. The Morgan fingerprint density at radius 1 is 0.737 bits per heavy atom. The number of hydrogen-bond acceptors (Lipinski definition) is 5. The van der Waals surface area contributed by atoms with E-state index in [0.29, 0.717) is 50.9 Å². The SMILES string of the molecule is O=C(CN1CCN(c2ccc3c(c2)OCCO3)C1=O)N1CCN(C(c2ccccc2)c2ccccc2)CC1. The van der Waals surface area contributed by atoms with Crippen LogP contribution in [-0.2, 0) is 4.79 Å². The van der Waals surface area contributed by atoms with Gasteiger partial charge in [0.2, 0.25) is 5.91 Å². The van der Waals surface area contributed by atoms with Crippen LogP contribution in [0, 0.1) is 0 Å². The number of anilines is 1. The lowest BCUT2D eigenvalue weighted by Gasteiger charge is -2.40. The number of rotatable bonds is 6. The number of benzene rings is 3. The van der Waals surface area contributed by atoms with Gasteiger partial charge in [-0.1, -0.05) is 60.7 Å². The number of carbonyl (C=O) groups is 2. The van der Waals surface area contributed by atoms with Crippen LogP contribution >= 0.6 is 0 Å². The second-order valence-corrected chi connectivity index (χ2v) is 9.82. The van der Waals surface area contributed by atoms with Gasteiger partial charge in [0, 0.05) is 51.0 Å². The van der Waals surface area contributed by atoms with Crippen molar-refractivity contribution in [1.29, 1.82) is 0 Å². The molecule has 8 heteroatoms. The molecule has 0 atom stereocenters. The predicted molar refractivity (Wildman–Crippen MR) is 145 cm³/mol. The quantitative estimate of drug-likeness (QED) is 0.505. The van der Waals surface area contributed by atoms with E-state index >= 15 is 0 Å². The Bertz CT molecular complexity index is 1240. The van der Waals surface area contributed by atoms with E-state index in [1.165, 1.54) is 11.1 Å². The molecule has 0 spiro atoms. The van der Waals surface area contributed by atoms with E-state index in [4.69, 9.17) is 9.47 Å². The van der Waals surface area contributed by atoms with Gasteiger partial charge in [0.15, 0.2) is 11.5 Å². The summed E-state index contributed by atoms with van der Waals surface area (Å²) in [4.78, 5) is 34.0. The van der Waals surface area contributed by atoms with Gasteiger partial charge in [0.05, 0.1) is 6.04 Å². The van der Waals surface area contributed by atoms with E-state index in [-0.39, 0.29) is 24.5 Å². The number of hydrogen-bond donors (Lipinski definition) is 0. The highest BCUT2D eigenvalue weighted by molar-refractivity contribution is 5.96. The summed E-state index contributed by atoms with van der Waals surface area (Å²) < 4.78 is 11.3.